The number of Topliss-reactive ketones (excluding diaryl/α,β-unsaturated/α-hetero) is 1. The standard InChI is InChI=1S/C14H16OS/c1-11(15)12-7-9-14(10-8-12)16-13-5-3-2-4-6-13/h2-6,9,12H,7-8,10H2,1H3. The summed E-state index contributed by atoms with van der Waals surface area (Å²) in [5.41, 5.74) is 0. The van der Waals surface area contributed by atoms with E-state index in [4.69, 9.17) is 0 Å². The normalized spacial score (nSPS) is 20.3. The number of allylic oxidation sites excluding steroid dienone is 2. The summed E-state index contributed by atoms with van der Waals surface area (Å²) in [7, 11) is 0. The van der Waals surface area contributed by atoms with Gasteiger partial charge in [0.05, 0.1) is 0 Å². The lowest BCUT2D eigenvalue weighted by Gasteiger charge is -2.19. The van der Waals surface area contributed by atoms with Crippen LogP contribution in [0, 0.1) is 5.92 Å². The largest absolute Gasteiger partial charge is 0.300 e. The van der Waals surface area contributed by atoms with E-state index in [0.717, 1.165) is 19.3 Å². The van der Waals surface area contributed by atoms with Crippen LogP contribution in [0.15, 0.2) is 46.2 Å². The van der Waals surface area contributed by atoms with Gasteiger partial charge in [0.2, 0.25) is 0 Å². The van der Waals surface area contributed by atoms with Crippen molar-refractivity contribution in [3.05, 3.63) is 41.3 Å². The summed E-state index contributed by atoms with van der Waals surface area (Å²) in [6.45, 7) is 1.70. The zero-order chi connectivity index (χ0) is 11.4. The van der Waals surface area contributed by atoms with Crippen molar-refractivity contribution in [2.24, 2.45) is 5.92 Å². The van der Waals surface area contributed by atoms with Crippen LogP contribution in [0.2, 0.25) is 0 Å². The number of carbonyl (C=O) groups excluding carboxylic acids is 1. The lowest BCUT2D eigenvalue weighted by molar-refractivity contribution is -0.120. The van der Waals surface area contributed by atoms with E-state index in [9.17, 15) is 4.79 Å². The fourth-order valence-electron chi connectivity index (χ4n) is 1.91. The van der Waals surface area contributed by atoms with Crippen molar-refractivity contribution in [2.75, 3.05) is 0 Å². The van der Waals surface area contributed by atoms with Crippen LogP contribution in [0.1, 0.15) is 26.2 Å². The van der Waals surface area contributed by atoms with E-state index < -0.39 is 0 Å². The van der Waals surface area contributed by atoms with Gasteiger partial charge in [0.25, 0.3) is 0 Å². The molecule has 0 saturated carbocycles. The Morgan fingerprint density at radius 3 is 2.62 bits per heavy atom. The second-order valence-corrected chi connectivity index (χ2v) is 5.37. The van der Waals surface area contributed by atoms with Crippen LogP contribution in [0.3, 0.4) is 0 Å². The topological polar surface area (TPSA) is 17.1 Å². The quantitative estimate of drug-likeness (QED) is 0.782. The van der Waals surface area contributed by atoms with E-state index in [1.54, 1.807) is 6.92 Å². The van der Waals surface area contributed by atoms with Gasteiger partial charge in [0.1, 0.15) is 5.78 Å². The highest BCUT2D eigenvalue weighted by Gasteiger charge is 2.18. The minimum absolute atomic E-state index is 0.264. The number of ketones is 1. The third-order valence-corrected chi connectivity index (χ3v) is 4.08. The van der Waals surface area contributed by atoms with Crippen LogP contribution in [-0.2, 0) is 4.79 Å². The number of hydrogen-bond donors (Lipinski definition) is 0. The maximum absolute atomic E-state index is 11.2. The molecule has 1 nitrogen and oxygen atoms in total. The first-order chi connectivity index (χ1) is 7.75. The van der Waals surface area contributed by atoms with Gasteiger partial charge in [-0.1, -0.05) is 36.0 Å². The predicted octanol–water partition coefficient (Wildman–Crippen LogP) is 4.05. The van der Waals surface area contributed by atoms with Crippen LogP contribution in [0.25, 0.3) is 0 Å². The zero-order valence-corrected chi connectivity index (χ0v) is 10.3. The molecule has 0 fully saturated rings. The van der Waals surface area contributed by atoms with Gasteiger partial charge in [0, 0.05) is 10.8 Å². The maximum atomic E-state index is 11.2. The second kappa shape index (κ2) is 5.35. The van der Waals surface area contributed by atoms with Crippen molar-refractivity contribution >= 4 is 17.5 Å². The molecule has 84 valence electrons. The molecule has 0 spiro atoms. The Morgan fingerprint density at radius 2 is 2.06 bits per heavy atom. The Balaban J connectivity index is 1.96. The molecule has 1 atom stereocenters. The molecule has 0 amide bonds. The fraction of sp³-hybridized carbons (Fsp3) is 0.357. The summed E-state index contributed by atoms with van der Waals surface area (Å²) < 4.78 is 0. The van der Waals surface area contributed by atoms with Crippen LogP contribution in [-0.4, -0.2) is 5.78 Å². The first-order valence-corrected chi connectivity index (χ1v) is 6.50. The first-order valence-electron chi connectivity index (χ1n) is 5.68. The minimum Gasteiger partial charge on any atom is -0.300 e. The highest BCUT2D eigenvalue weighted by atomic mass is 32.2. The van der Waals surface area contributed by atoms with Gasteiger partial charge >= 0.3 is 0 Å². The van der Waals surface area contributed by atoms with Crippen molar-refractivity contribution in [3.8, 4) is 0 Å². The Kier molecular flexibility index (Phi) is 3.83. The van der Waals surface area contributed by atoms with Crippen LogP contribution in [0.5, 0.6) is 0 Å². The summed E-state index contributed by atoms with van der Waals surface area (Å²) >= 11 is 1.83. The minimum atomic E-state index is 0.264. The van der Waals surface area contributed by atoms with E-state index in [1.807, 2.05) is 17.8 Å². The number of hydrogen-bond acceptors (Lipinski definition) is 2. The van der Waals surface area contributed by atoms with Gasteiger partial charge in [-0.15, -0.1) is 0 Å². The average molecular weight is 232 g/mol. The predicted molar refractivity (Wildman–Crippen MR) is 68.4 cm³/mol. The van der Waals surface area contributed by atoms with Gasteiger partial charge in [-0.3, -0.25) is 4.79 Å². The molecule has 0 heterocycles. The molecule has 0 bridgehead atoms. The van der Waals surface area contributed by atoms with Crippen LogP contribution in [0.4, 0.5) is 0 Å². The molecule has 1 aliphatic carbocycles. The molecule has 16 heavy (non-hydrogen) atoms. The second-order valence-electron chi connectivity index (χ2n) is 4.17. The summed E-state index contributed by atoms with van der Waals surface area (Å²) in [5, 5.41) is 0. The molecule has 1 unspecified atom stereocenters. The van der Waals surface area contributed by atoms with Crippen LogP contribution >= 0.6 is 11.8 Å². The Labute approximate surface area is 101 Å². The Morgan fingerprint density at radius 1 is 1.31 bits per heavy atom. The smallest absolute Gasteiger partial charge is 0.133 e. The highest BCUT2D eigenvalue weighted by molar-refractivity contribution is 8.03. The molecule has 0 radical (unpaired) electrons. The fourth-order valence-corrected chi connectivity index (χ4v) is 2.91. The summed E-state index contributed by atoms with van der Waals surface area (Å²) in [4.78, 5) is 13.9. The Bertz CT molecular complexity index is 394. The number of rotatable bonds is 3. The number of thioether (sulfide) groups is 1. The summed E-state index contributed by atoms with van der Waals surface area (Å²) in [5.74, 6) is 0.597. The van der Waals surface area contributed by atoms with Crippen molar-refractivity contribution in [1.82, 2.24) is 0 Å². The molecule has 1 aromatic rings. The van der Waals surface area contributed by atoms with E-state index >= 15 is 0 Å². The Hall–Kier alpha value is -1.02. The third-order valence-electron chi connectivity index (χ3n) is 2.94. The summed E-state index contributed by atoms with van der Waals surface area (Å²) in [6, 6.07) is 10.4. The lowest BCUT2D eigenvalue weighted by Crippen LogP contribution is -2.13. The van der Waals surface area contributed by atoms with Crippen molar-refractivity contribution in [2.45, 2.75) is 31.1 Å². The summed E-state index contributed by atoms with van der Waals surface area (Å²) in [6.07, 6.45) is 5.21. The monoisotopic (exact) mass is 232 g/mol. The van der Waals surface area contributed by atoms with Gasteiger partial charge < -0.3 is 0 Å². The molecule has 1 aromatic carbocycles. The molecular formula is C14H16OS. The van der Waals surface area contributed by atoms with Gasteiger partial charge in [-0.2, -0.15) is 0 Å². The number of benzene rings is 1. The van der Waals surface area contributed by atoms with Gasteiger partial charge in [0.15, 0.2) is 0 Å². The number of carbonyl (C=O) groups is 1. The van der Waals surface area contributed by atoms with E-state index in [0.29, 0.717) is 5.78 Å². The highest BCUT2D eigenvalue weighted by Crippen LogP contribution is 2.35. The van der Waals surface area contributed by atoms with E-state index in [1.165, 1.54) is 9.80 Å². The van der Waals surface area contributed by atoms with Crippen molar-refractivity contribution in [1.29, 1.82) is 0 Å². The van der Waals surface area contributed by atoms with E-state index in [2.05, 4.69) is 30.3 Å². The van der Waals surface area contributed by atoms with Crippen molar-refractivity contribution in [3.63, 3.8) is 0 Å². The molecule has 0 saturated heterocycles. The van der Waals surface area contributed by atoms with Gasteiger partial charge in [-0.05, 0) is 43.2 Å². The van der Waals surface area contributed by atoms with Gasteiger partial charge in [-0.25, -0.2) is 0 Å². The molecule has 0 aliphatic heterocycles. The molecular weight excluding hydrogens is 216 g/mol. The van der Waals surface area contributed by atoms with Crippen molar-refractivity contribution < 1.29 is 4.79 Å². The maximum Gasteiger partial charge on any atom is 0.133 e. The van der Waals surface area contributed by atoms with E-state index in [-0.39, 0.29) is 5.92 Å². The molecule has 2 heteroatoms. The molecule has 0 aromatic heterocycles. The molecule has 2 rings (SSSR count). The average Bonchev–Trinajstić information content (AvgIpc) is 2.31. The SMILES string of the molecule is CC(=O)C1CC=C(Sc2ccccc2)CC1. The van der Waals surface area contributed by atoms with Crippen LogP contribution < -0.4 is 0 Å². The molecule has 1 aliphatic rings. The lowest BCUT2D eigenvalue weighted by atomic mass is 9.91. The zero-order valence-electron chi connectivity index (χ0n) is 9.48. The molecule has 0 N–H and O–H groups in total. The third kappa shape index (κ3) is 2.99. The first kappa shape index (κ1) is 11.5.